The molecule has 49 heavy (non-hydrogen) atoms. The molecule has 4 aliphatic rings. The van der Waals surface area contributed by atoms with Gasteiger partial charge >= 0.3 is 4.87 Å². The van der Waals surface area contributed by atoms with Crippen molar-refractivity contribution in [2.24, 2.45) is 34.7 Å². The van der Waals surface area contributed by atoms with E-state index in [0.29, 0.717) is 22.9 Å². The summed E-state index contributed by atoms with van der Waals surface area (Å²) in [7, 11) is -2.29. The van der Waals surface area contributed by atoms with Crippen molar-refractivity contribution in [3.8, 4) is 11.5 Å². The lowest BCUT2D eigenvalue weighted by Gasteiger charge is -2.43. The van der Waals surface area contributed by atoms with Gasteiger partial charge in [0.2, 0.25) is 21.8 Å². The Morgan fingerprint density at radius 1 is 0.980 bits per heavy atom. The summed E-state index contributed by atoms with van der Waals surface area (Å²) in [6, 6.07) is 19.9. The zero-order valence-corrected chi connectivity index (χ0v) is 28.3. The Morgan fingerprint density at radius 2 is 1.69 bits per heavy atom. The van der Waals surface area contributed by atoms with Crippen LogP contribution in [0, 0.1) is 29.6 Å². The first-order valence-corrected chi connectivity index (χ1v) is 18.8. The van der Waals surface area contributed by atoms with E-state index in [0.717, 1.165) is 21.9 Å². The summed E-state index contributed by atoms with van der Waals surface area (Å²) in [6.07, 6.45) is 0.760. The van der Waals surface area contributed by atoms with E-state index in [1.54, 1.807) is 49.2 Å². The van der Waals surface area contributed by atoms with E-state index in [-0.39, 0.29) is 57.1 Å². The van der Waals surface area contributed by atoms with Crippen LogP contribution in [0.4, 0.5) is 11.4 Å². The summed E-state index contributed by atoms with van der Waals surface area (Å²) in [5.74, 6) is -0.841. The number of carbonyl (C=O) groups is 3. The molecule has 2 saturated carbocycles. The van der Waals surface area contributed by atoms with Crippen LogP contribution in [0.15, 0.2) is 87.5 Å². The van der Waals surface area contributed by atoms with Crippen LogP contribution >= 0.6 is 23.1 Å². The lowest BCUT2D eigenvalue weighted by Crippen LogP contribution is -2.42. The third-order valence-electron chi connectivity index (χ3n) is 10.1. The maximum Gasteiger partial charge on any atom is 0.305 e. The van der Waals surface area contributed by atoms with E-state index in [1.807, 2.05) is 18.2 Å². The second kappa shape index (κ2) is 11.9. The van der Waals surface area contributed by atoms with Gasteiger partial charge in [-0.1, -0.05) is 23.5 Å². The minimum atomic E-state index is -3.85. The highest BCUT2D eigenvalue weighted by Gasteiger charge is 2.69. The van der Waals surface area contributed by atoms with Crippen LogP contribution in [0.5, 0.6) is 11.5 Å². The summed E-state index contributed by atoms with van der Waals surface area (Å²) < 4.78 is 34.2. The number of nitrogens with zero attached hydrogens (tertiary/aromatic N) is 1. The molecule has 252 valence electrons. The van der Waals surface area contributed by atoms with Crippen molar-refractivity contribution in [2.75, 3.05) is 23.9 Å². The van der Waals surface area contributed by atoms with E-state index < -0.39 is 27.8 Å². The highest BCUT2D eigenvalue weighted by atomic mass is 32.2. The topological polar surface area (TPSA) is 178 Å². The molecule has 3 amide bonds. The number of methoxy groups -OCH3 is 1. The highest BCUT2D eigenvalue weighted by molar-refractivity contribution is 8.00. The molecule has 2 bridgehead atoms. The van der Waals surface area contributed by atoms with E-state index in [2.05, 4.69) is 10.3 Å². The molecule has 3 heterocycles. The molecule has 0 spiro atoms. The lowest BCUT2D eigenvalue weighted by molar-refractivity contribution is -0.123. The maximum atomic E-state index is 14.0. The lowest BCUT2D eigenvalue weighted by atomic mass is 9.68. The molecule has 0 radical (unpaired) electrons. The van der Waals surface area contributed by atoms with Gasteiger partial charge in [-0.3, -0.25) is 24.1 Å². The van der Waals surface area contributed by atoms with Crippen molar-refractivity contribution >= 4 is 62.2 Å². The van der Waals surface area contributed by atoms with Crippen LogP contribution in [-0.4, -0.2) is 50.1 Å². The smallest absolute Gasteiger partial charge is 0.305 e. The number of primary sulfonamides is 1. The summed E-state index contributed by atoms with van der Waals surface area (Å²) >= 11 is 2.79. The van der Waals surface area contributed by atoms with Crippen molar-refractivity contribution in [3.63, 3.8) is 0 Å². The number of aromatic nitrogens is 1. The van der Waals surface area contributed by atoms with Crippen molar-refractivity contribution < 1.29 is 32.3 Å². The number of imide groups is 1. The van der Waals surface area contributed by atoms with Gasteiger partial charge in [-0.05, 0) is 90.4 Å². The van der Waals surface area contributed by atoms with E-state index in [4.69, 9.17) is 14.6 Å². The van der Waals surface area contributed by atoms with Gasteiger partial charge in [0.1, 0.15) is 11.5 Å². The quantitative estimate of drug-likeness (QED) is 0.229. The number of sulfonamides is 1. The maximum absolute atomic E-state index is 14.0. The Balaban J connectivity index is 1.05. The van der Waals surface area contributed by atoms with Gasteiger partial charge in [0.25, 0.3) is 5.91 Å². The third-order valence-corrected chi connectivity index (χ3v) is 13.6. The largest absolute Gasteiger partial charge is 0.497 e. The number of amides is 3. The Bertz CT molecular complexity index is 2170. The SMILES string of the molecule is COc1ccc(N2C(=O)[C@H]3[C@H]4C[C@@H]([C@@H]3C2=O)[C@@H]2[C@H](c3cccc(OCC(=O)Nc5ccc(S(N)(=O)=O)cc5)c3)c3sc(=O)[nH]c3S[C@H]42)cc1. The fourth-order valence-electron chi connectivity index (χ4n) is 8.25. The summed E-state index contributed by atoms with van der Waals surface area (Å²) in [5.41, 5.74) is 1.82. The average molecular weight is 719 g/mol. The second-order valence-corrected chi connectivity index (χ2v) is 16.4. The zero-order valence-electron chi connectivity index (χ0n) is 25.9. The number of thiazole rings is 1. The molecule has 0 unspecified atom stereocenters. The molecule has 2 aliphatic heterocycles. The predicted molar refractivity (Wildman–Crippen MR) is 182 cm³/mol. The molecule has 2 aliphatic carbocycles. The van der Waals surface area contributed by atoms with Gasteiger partial charge in [0, 0.05) is 21.7 Å². The minimum Gasteiger partial charge on any atom is -0.497 e. The number of ether oxygens (including phenoxy) is 2. The standard InChI is InChI=1S/C34H30N4O8S3/c1-45-19-9-7-18(8-10-19)38-32(40)27-22-14-23(28(27)33(38)41)29-26(22)25(30-31(47-29)37-34(42)48-30)16-3-2-4-20(13-16)46-15-24(39)36-17-5-11-21(12-6-17)49(35,43)44/h2-13,22-23,25-29H,14-15H2,1H3,(H,36,39)(H,37,42)(H2,35,43,44)/t22-,23-,25+,26-,27+,28+,29-/m1/s1. The number of aromatic amines is 1. The number of hydrogen-bond donors (Lipinski definition) is 3. The number of rotatable bonds is 8. The van der Waals surface area contributed by atoms with Crippen molar-refractivity contribution in [2.45, 2.75) is 27.5 Å². The number of nitrogens with two attached hydrogens (primary N) is 1. The Hall–Kier alpha value is -4.44. The third kappa shape index (κ3) is 5.35. The number of benzene rings is 3. The van der Waals surface area contributed by atoms with E-state index in [9.17, 15) is 27.6 Å². The molecule has 3 aromatic carbocycles. The number of nitrogens with one attached hydrogen (secondary N) is 2. The molecular weight excluding hydrogens is 689 g/mol. The van der Waals surface area contributed by atoms with Gasteiger partial charge < -0.3 is 19.8 Å². The number of carbonyl (C=O) groups excluding carboxylic acids is 3. The molecule has 4 N–H and O–H groups in total. The van der Waals surface area contributed by atoms with Gasteiger partial charge in [-0.2, -0.15) is 0 Å². The van der Waals surface area contributed by atoms with Crippen LogP contribution < -0.4 is 29.7 Å². The normalized spacial score (nSPS) is 26.7. The minimum absolute atomic E-state index is 0.00150. The van der Waals surface area contributed by atoms with Crippen molar-refractivity contribution in [1.29, 1.82) is 0 Å². The first-order chi connectivity index (χ1) is 23.5. The Morgan fingerprint density at radius 3 is 2.39 bits per heavy atom. The Labute approximate surface area is 289 Å². The monoisotopic (exact) mass is 718 g/mol. The van der Waals surface area contributed by atoms with Crippen LogP contribution in [0.2, 0.25) is 0 Å². The van der Waals surface area contributed by atoms with Gasteiger partial charge in [-0.15, -0.1) is 11.8 Å². The average Bonchev–Trinajstić information content (AvgIpc) is 3.82. The Kier molecular flexibility index (Phi) is 7.70. The molecular formula is C34H30N4O8S3. The summed E-state index contributed by atoms with van der Waals surface area (Å²) in [4.78, 5) is 58.3. The van der Waals surface area contributed by atoms with Crippen LogP contribution in [0.1, 0.15) is 22.8 Å². The summed E-state index contributed by atoms with van der Waals surface area (Å²) in [5, 5.41) is 8.64. The van der Waals surface area contributed by atoms with Crippen LogP contribution in [0.3, 0.4) is 0 Å². The van der Waals surface area contributed by atoms with E-state index in [1.165, 1.54) is 40.5 Å². The number of thioether (sulfide) groups is 1. The van der Waals surface area contributed by atoms with Crippen LogP contribution in [-0.2, 0) is 24.4 Å². The van der Waals surface area contributed by atoms with Gasteiger partial charge in [0.15, 0.2) is 6.61 Å². The zero-order chi connectivity index (χ0) is 34.2. The molecule has 4 aromatic rings. The van der Waals surface area contributed by atoms with Crippen LogP contribution in [0.25, 0.3) is 0 Å². The summed E-state index contributed by atoms with van der Waals surface area (Å²) in [6.45, 7) is -0.304. The number of fused-ring (bicyclic) bond motifs is 9. The molecule has 12 nitrogen and oxygen atoms in total. The fourth-order valence-corrected chi connectivity index (χ4v) is 11.7. The first kappa shape index (κ1) is 31.8. The van der Waals surface area contributed by atoms with Gasteiger partial charge in [-0.25, -0.2) is 13.6 Å². The highest BCUT2D eigenvalue weighted by Crippen LogP contribution is 2.68. The molecule has 15 heteroatoms. The second-order valence-electron chi connectivity index (χ2n) is 12.6. The predicted octanol–water partition coefficient (Wildman–Crippen LogP) is 3.79. The number of H-pyrrole nitrogens is 1. The molecule has 1 aromatic heterocycles. The first-order valence-electron chi connectivity index (χ1n) is 15.6. The molecule has 3 fully saturated rings. The van der Waals surface area contributed by atoms with E-state index >= 15 is 0 Å². The number of hydrogen-bond acceptors (Lipinski definition) is 10. The number of anilines is 2. The molecule has 8 rings (SSSR count). The van der Waals surface area contributed by atoms with Crippen molar-refractivity contribution in [3.05, 3.63) is 92.9 Å². The van der Waals surface area contributed by atoms with Gasteiger partial charge in [0.05, 0.1) is 34.6 Å². The fraction of sp³-hybridized carbons (Fsp3) is 0.294. The molecule has 7 atom stereocenters. The van der Waals surface area contributed by atoms with Crippen molar-refractivity contribution in [1.82, 2.24) is 4.98 Å². The molecule has 1 saturated heterocycles.